The van der Waals surface area contributed by atoms with Gasteiger partial charge in [0.05, 0.1) is 6.54 Å². The second kappa shape index (κ2) is 6.66. The molecule has 3 amide bonds. The number of carbonyl (C=O) groups is 3. The number of fused-ring (bicyclic) bond motifs is 1. The number of amides is 3. The van der Waals surface area contributed by atoms with E-state index in [1.807, 2.05) is 0 Å². The summed E-state index contributed by atoms with van der Waals surface area (Å²) in [6.07, 6.45) is -0.426. The minimum Gasteiger partial charge on any atom is -0.435 e. The first kappa shape index (κ1) is 17.1. The number of ether oxygens (including phenoxy) is 1. The van der Waals surface area contributed by atoms with Gasteiger partial charge in [-0.25, -0.2) is 0 Å². The van der Waals surface area contributed by atoms with Gasteiger partial charge in [-0.3, -0.25) is 14.4 Å². The van der Waals surface area contributed by atoms with Crippen LogP contribution in [0.5, 0.6) is 5.75 Å². The van der Waals surface area contributed by atoms with Crippen LogP contribution in [-0.4, -0.2) is 59.4 Å². The molecule has 7 nitrogen and oxygen atoms in total. The monoisotopic (exact) mass is 353 g/mol. The van der Waals surface area contributed by atoms with E-state index in [9.17, 15) is 23.2 Å². The topological polar surface area (TPSA) is 79.0 Å². The van der Waals surface area contributed by atoms with Crippen molar-refractivity contribution in [3.05, 3.63) is 29.8 Å². The van der Waals surface area contributed by atoms with Crippen LogP contribution in [0.15, 0.2) is 24.3 Å². The number of rotatable bonds is 3. The predicted octanol–water partition coefficient (Wildman–Crippen LogP) is 0.807. The van der Waals surface area contributed by atoms with E-state index in [0.717, 1.165) is 0 Å². The number of piperazine rings is 1. The Bertz CT molecular complexity index is 695. The summed E-state index contributed by atoms with van der Waals surface area (Å²) < 4.78 is 28.6. The lowest BCUT2D eigenvalue weighted by atomic mass is 10.1. The second-order valence-corrected chi connectivity index (χ2v) is 5.85. The van der Waals surface area contributed by atoms with Crippen LogP contribution in [0.2, 0.25) is 0 Å². The van der Waals surface area contributed by atoms with Crippen LogP contribution in [0.3, 0.4) is 0 Å². The molecular weight excluding hydrogens is 336 g/mol. The van der Waals surface area contributed by atoms with Crippen molar-refractivity contribution in [3.63, 3.8) is 0 Å². The summed E-state index contributed by atoms with van der Waals surface area (Å²) in [5.41, 5.74) is 0.292. The van der Waals surface area contributed by atoms with Gasteiger partial charge in [0.2, 0.25) is 11.8 Å². The van der Waals surface area contributed by atoms with E-state index < -0.39 is 18.8 Å². The van der Waals surface area contributed by atoms with Crippen molar-refractivity contribution in [1.29, 1.82) is 0 Å². The molecule has 2 heterocycles. The van der Waals surface area contributed by atoms with E-state index in [0.29, 0.717) is 5.56 Å². The van der Waals surface area contributed by atoms with Crippen molar-refractivity contribution < 1.29 is 27.9 Å². The molecule has 0 aliphatic carbocycles. The van der Waals surface area contributed by atoms with Gasteiger partial charge in [0.15, 0.2) is 0 Å². The quantitative estimate of drug-likeness (QED) is 0.872. The summed E-state index contributed by atoms with van der Waals surface area (Å²) >= 11 is 0. The zero-order chi connectivity index (χ0) is 18.1. The predicted molar refractivity (Wildman–Crippen MR) is 81.8 cm³/mol. The third-order valence-corrected chi connectivity index (χ3v) is 4.38. The molecule has 0 aromatic heterocycles. The Morgan fingerprint density at radius 1 is 1.28 bits per heavy atom. The summed E-state index contributed by atoms with van der Waals surface area (Å²) in [4.78, 5) is 39.6. The van der Waals surface area contributed by atoms with Crippen LogP contribution in [0.1, 0.15) is 23.7 Å². The van der Waals surface area contributed by atoms with E-state index in [2.05, 4.69) is 10.1 Å². The molecule has 3 rings (SSSR count). The summed E-state index contributed by atoms with van der Waals surface area (Å²) in [7, 11) is 0. The van der Waals surface area contributed by atoms with Crippen molar-refractivity contribution in [2.45, 2.75) is 32.2 Å². The van der Waals surface area contributed by atoms with E-state index in [1.165, 1.54) is 34.1 Å². The molecule has 0 saturated carbocycles. The Morgan fingerprint density at radius 3 is 2.60 bits per heavy atom. The number of alkyl halides is 2. The fourth-order valence-corrected chi connectivity index (χ4v) is 3.14. The highest BCUT2D eigenvalue weighted by molar-refractivity contribution is 5.97. The minimum absolute atomic E-state index is 0.0412. The lowest BCUT2D eigenvalue weighted by molar-refractivity contribution is -0.155. The highest BCUT2D eigenvalue weighted by Crippen LogP contribution is 2.24. The zero-order valence-electron chi connectivity index (χ0n) is 13.4. The third-order valence-electron chi connectivity index (χ3n) is 4.38. The van der Waals surface area contributed by atoms with Crippen molar-refractivity contribution in [3.8, 4) is 5.75 Å². The number of nitrogens with one attached hydrogen (secondary N) is 1. The Labute approximate surface area is 142 Å². The van der Waals surface area contributed by atoms with Gasteiger partial charge in [0.25, 0.3) is 5.91 Å². The number of hydrogen-bond donors (Lipinski definition) is 1. The van der Waals surface area contributed by atoms with Crippen molar-refractivity contribution >= 4 is 17.7 Å². The number of hydrogen-bond acceptors (Lipinski definition) is 4. The molecule has 2 atom stereocenters. The average Bonchev–Trinajstić information content (AvgIpc) is 2.58. The van der Waals surface area contributed by atoms with Crippen LogP contribution in [0.25, 0.3) is 0 Å². The lowest BCUT2D eigenvalue weighted by Crippen LogP contribution is -2.70. The molecule has 1 aromatic carbocycles. The van der Waals surface area contributed by atoms with Crippen LogP contribution in [0, 0.1) is 0 Å². The maximum atomic E-state index is 12.8. The Balaban J connectivity index is 1.79. The fraction of sp³-hybridized carbons (Fsp3) is 0.438. The first-order valence-corrected chi connectivity index (χ1v) is 7.83. The highest BCUT2D eigenvalue weighted by atomic mass is 19.3. The zero-order valence-corrected chi connectivity index (χ0v) is 13.4. The average molecular weight is 353 g/mol. The molecule has 2 unspecified atom stereocenters. The maximum absolute atomic E-state index is 12.8. The minimum atomic E-state index is -2.93. The van der Waals surface area contributed by atoms with Crippen molar-refractivity contribution in [2.75, 3.05) is 13.1 Å². The van der Waals surface area contributed by atoms with Gasteiger partial charge in [-0.1, -0.05) is 0 Å². The standard InChI is InChI=1S/C16H17F2N3O4/c1-9-14(23)19-8-12-20(7-6-13(22)21(9)12)15(24)10-2-4-11(5-3-10)25-16(17)18/h2-5,9,12,16H,6-8H2,1H3,(H,19,23). The van der Waals surface area contributed by atoms with Crippen LogP contribution >= 0.6 is 0 Å². The molecule has 0 radical (unpaired) electrons. The summed E-state index contributed by atoms with van der Waals surface area (Å²) in [5.74, 6) is -0.806. The number of carbonyl (C=O) groups excluding carboxylic acids is 3. The molecule has 9 heteroatoms. The Hall–Kier alpha value is -2.71. The van der Waals surface area contributed by atoms with Crippen LogP contribution < -0.4 is 10.1 Å². The van der Waals surface area contributed by atoms with Crippen molar-refractivity contribution in [2.24, 2.45) is 0 Å². The third kappa shape index (κ3) is 3.26. The summed E-state index contributed by atoms with van der Waals surface area (Å²) in [5, 5.41) is 2.69. The maximum Gasteiger partial charge on any atom is 0.387 e. The largest absolute Gasteiger partial charge is 0.435 e. The van der Waals surface area contributed by atoms with Gasteiger partial charge >= 0.3 is 6.61 Å². The molecule has 2 fully saturated rings. The molecule has 2 saturated heterocycles. The smallest absolute Gasteiger partial charge is 0.387 e. The molecular formula is C16H17F2N3O4. The number of halogens is 2. The van der Waals surface area contributed by atoms with E-state index in [1.54, 1.807) is 6.92 Å². The normalized spacial score (nSPS) is 23.4. The molecule has 1 N–H and O–H groups in total. The van der Waals surface area contributed by atoms with Gasteiger partial charge < -0.3 is 19.9 Å². The molecule has 2 aliphatic heterocycles. The molecule has 134 valence electrons. The van der Waals surface area contributed by atoms with E-state index in [4.69, 9.17) is 0 Å². The van der Waals surface area contributed by atoms with E-state index >= 15 is 0 Å². The number of nitrogens with zero attached hydrogens (tertiary/aromatic N) is 2. The summed E-state index contributed by atoms with van der Waals surface area (Å²) in [6, 6.07) is 4.72. The molecule has 0 bridgehead atoms. The molecule has 0 spiro atoms. The molecule has 25 heavy (non-hydrogen) atoms. The van der Waals surface area contributed by atoms with Crippen LogP contribution in [-0.2, 0) is 9.59 Å². The fourth-order valence-electron chi connectivity index (χ4n) is 3.14. The van der Waals surface area contributed by atoms with Gasteiger partial charge in [-0.15, -0.1) is 0 Å². The van der Waals surface area contributed by atoms with Gasteiger partial charge in [0, 0.05) is 18.5 Å². The van der Waals surface area contributed by atoms with Gasteiger partial charge in [-0.05, 0) is 31.2 Å². The number of benzene rings is 1. The van der Waals surface area contributed by atoms with E-state index in [-0.39, 0.29) is 43.0 Å². The Morgan fingerprint density at radius 2 is 1.96 bits per heavy atom. The first-order valence-electron chi connectivity index (χ1n) is 7.83. The molecule has 1 aromatic rings. The van der Waals surface area contributed by atoms with Gasteiger partial charge in [0.1, 0.15) is 18.0 Å². The van der Waals surface area contributed by atoms with Crippen molar-refractivity contribution in [1.82, 2.24) is 15.1 Å². The second-order valence-electron chi connectivity index (χ2n) is 5.85. The SMILES string of the molecule is CC1C(=O)NCC2N(C(=O)c3ccc(OC(F)F)cc3)CCC(=O)N12. The first-order chi connectivity index (χ1) is 11.9. The highest BCUT2D eigenvalue weighted by Gasteiger charge is 2.44. The molecule has 2 aliphatic rings. The van der Waals surface area contributed by atoms with Gasteiger partial charge in [-0.2, -0.15) is 8.78 Å². The Kier molecular flexibility index (Phi) is 4.56. The summed E-state index contributed by atoms with van der Waals surface area (Å²) in [6.45, 7) is -0.927. The van der Waals surface area contributed by atoms with Crippen LogP contribution in [0.4, 0.5) is 8.78 Å². The lowest BCUT2D eigenvalue weighted by Gasteiger charge is -2.48.